The quantitative estimate of drug-likeness (QED) is 0.903. The summed E-state index contributed by atoms with van der Waals surface area (Å²) in [4.78, 5) is 4.30. The number of hydrogen-bond donors (Lipinski definition) is 1. The summed E-state index contributed by atoms with van der Waals surface area (Å²) in [6.07, 6.45) is 8.04. The monoisotopic (exact) mass is 262 g/mol. The summed E-state index contributed by atoms with van der Waals surface area (Å²) < 4.78 is 5.67. The highest BCUT2D eigenvalue weighted by Crippen LogP contribution is 2.41. The molecular formula is C16H26N2O. The van der Waals surface area contributed by atoms with Gasteiger partial charge in [-0.1, -0.05) is 20.8 Å². The first-order valence-corrected chi connectivity index (χ1v) is 7.40. The summed E-state index contributed by atoms with van der Waals surface area (Å²) in [5.41, 5.74) is 7.55. The van der Waals surface area contributed by atoms with E-state index in [-0.39, 0.29) is 5.54 Å². The molecule has 0 amide bonds. The molecule has 1 aromatic heterocycles. The molecule has 0 bridgehead atoms. The molecule has 19 heavy (non-hydrogen) atoms. The standard InChI is InChI=1S/C16H26N2O/c1-4-5-19-15-7-14(10-18-11-15)16(17)8-12(2)6-13(3)9-16/h7,10-13H,4-6,8-9,17H2,1-3H3. The number of ether oxygens (including phenoxy) is 1. The molecule has 1 saturated carbocycles. The summed E-state index contributed by atoms with van der Waals surface area (Å²) in [6, 6.07) is 2.08. The Hall–Kier alpha value is -1.09. The Kier molecular flexibility index (Phi) is 4.46. The molecule has 106 valence electrons. The molecule has 2 unspecified atom stereocenters. The van der Waals surface area contributed by atoms with Gasteiger partial charge in [-0.2, -0.15) is 0 Å². The molecule has 2 rings (SSSR count). The van der Waals surface area contributed by atoms with Crippen LogP contribution in [0.15, 0.2) is 18.5 Å². The van der Waals surface area contributed by atoms with Gasteiger partial charge in [0.2, 0.25) is 0 Å². The van der Waals surface area contributed by atoms with E-state index in [1.54, 1.807) is 6.20 Å². The van der Waals surface area contributed by atoms with Crippen molar-refractivity contribution in [2.75, 3.05) is 6.61 Å². The van der Waals surface area contributed by atoms with Gasteiger partial charge in [-0.05, 0) is 49.1 Å². The van der Waals surface area contributed by atoms with Crippen LogP contribution in [0.4, 0.5) is 0 Å². The lowest BCUT2D eigenvalue weighted by atomic mass is 9.69. The van der Waals surface area contributed by atoms with E-state index >= 15 is 0 Å². The van der Waals surface area contributed by atoms with Crippen LogP contribution >= 0.6 is 0 Å². The van der Waals surface area contributed by atoms with Crippen molar-refractivity contribution in [2.45, 2.75) is 52.0 Å². The average Bonchev–Trinajstić information content (AvgIpc) is 2.35. The van der Waals surface area contributed by atoms with Gasteiger partial charge in [0.05, 0.1) is 12.8 Å². The third kappa shape index (κ3) is 3.47. The van der Waals surface area contributed by atoms with Crippen LogP contribution in [-0.2, 0) is 5.54 Å². The minimum absolute atomic E-state index is 0.240. The Morgan fingerprint density at radius 3 is 2.63 bits per heavy atom. The third-order valence-electron chi connectivity index (χ3n) is 3.99. The molecule has 0 spiro atoms. The predicted octanol–water partition coefficient (Wildman–Crippen LogP) is 3.48. The zero-order valence-electron chi connectivity index (χ0n) is 12.4. The summed E-state index contributed by atoms with van der Waals surface area (Å²) in [7, 11) is 0. The number of nitrogens with two attached hydrogens (primary N) is 1. The Labute approximate surface area is 116 Å². The fourth-order valence-electron chi connectivity index (χ4n) is 3.41. The number of nitrogens with zero attached hydrogens (tertiary/aromatic N) is 1. The lowest BCUT2D eigenvalue weighted by Crippen LogP contribution is -2.43. The number of pyridine rings is 1. The fraction of sp³-hybridized carbons (Fsp3) is 0.688. The van der Waals surface area contributed by atoms with Crippen molar-refractivity contribution in [3.63, 3.8) is 0 Å². The largest absolute Gasteiger partial charge is 0.492 e. The molecule has 1 aliphatic rings. The van der Waals surface area contributed by atoms with Gasteiger partial charge in [0.1, 0.15) is 5.75 Å². The van der Waals surface area contributed by atoms with Crippen molar-refractivity contribution in [1.82, 2.24) is 4.98 Å². The van der Waals surface area contributed by atoms with Crippen molar-refractivity contribution >= 4 is 0 Å². The average molecular weight is 262 g/mol. The Balaban J connectivity index is 2.19. The molecule has 3 heteroatoms. The van der Waals surface area contributed by atoms with Crippen molar-refractivity contribution in [3.8, 4) is 5.75 Å². The highest BCUT2D eigenvalue weighted by Gasteiger charge is 2.36. The summed E-state index contributed by atoms with van der Waals surface area (Å²) in [5, 5.41) is 0. The van der Waals surface area contributed by atoms with Crippen molar-refractivity contribution in [2.24, 2.45) is 17.6 Å². The van der Waals surface area contributed by atoms with Crippen LogP contribution in [0.2, 0.25) is 0 Å². The topological polar surface area (TPSA) is 48.1 Å². The van der Waals surface area contributed by atoms with Crippen LogP contribution in [-0.4, -0.2) is 11.6 Å². The van der Waals surface area contributed by atoms with Crippen LogP contribution in [0.25, 0.3) is 0 Å². The molecule has 0 aliphatic heterocycles. The van der Waals surface area contributed by atoms with Crippen molar-refractivity contribution < 1.29 is 4.74 Å². The van der Waals surface area contributed by atoms with Crippen molar-refractivity contribution in [1.29, 1.82) is 0 Å². The van der Waals surface area contributed by atoms with Crippen LogP contribution in [0, 0.1) is 11.8 Å². The maximum Gasteiger partial charge on any atom is 0.137 e. The minimum Gasteiger partial charge on any atom is -0.492 e. The second-order valence-corrected chi connectivity index (χ2v) is 6.27. The smallest absolute Gasteiger partial charge is 0.137 e. The van der Waals surface area contributed by atoms with E-state index in [0.717, 1.165) is 37.2 Å². The Bertz CT molecular complexity index is 409. The highest BCUT2D eigenvalue weighted by molar-refractivity contribution is 5.30. The molecule has 1 aliphatic carbocycles. The molecule has 1 fully saturated rings. The molecule has 1 heterocycles. The number of rotatable bonds is 4. The van der Waals surface area contributed by atoms with Gasteiger partial charge in [0.25, 0.3) is 0 Å². The summed E-state index contributed by atoms with van der Waals surface area (Å²) in [6.45, 7) is 7.42. The van der Waals surface area contributed by atoms with E-state index in [2.05, 4.69) is 31.8 Å². The molecule has 1 aromatic rings. The molecular weight excluding hydrogens is 236 g/mol. The van der Waals surface area contributed by atoms with Crippen molar-refractivity contribution in [3.05, 3.63) is 24.0 Å². The van der Waals surface area contributed by atoms with Crippen LogP contribution < -0.4 is 10.5 Å². The SMILES string of the molecule is CCCOc1cncc(C2(N)CC(C)CC(C)C2)c1. The van der Waals surface area contributed by atoms with Gasteiger partial charge in [-0.15, -0.1) is 0 Å². The summed E-state index contributed by atoms with van der Waals surface area (Å²) >= 11 is 0. The Morgan fingerprint density at radius 1 is 1.32 bits per heavy atom. The van der Waals surface area contributed by atoms with E-state index in [0.29, 0.717) is 11.8 Å². The normalized spacial score (nSPS) is 31.2. The molecule has 2 atom stereocenters. The maximum absolute atomic E-state index is 6.66. The maximum atomic E-state index is 6.66. The molecule has 0 aromatic carbocycles. The van der Waals surface area contributed by atoms with Gasteiger partial charge >= 0.3 is 0 Å². The second kappa shape index (κ2) is 5.91. The van der Waals surface area contributed by atoms with Gasteiger partial charge in [-0.3, -0.25) is 4.98 Å². The van der Waals surface area contributed by atoms with Gasteiger partial charge in [-0.25, -0.2) is 0 Å². The van der Waals surface area contributed by atoms with Crippen LogP contribution in [0.3, 0.4) is 0 Å². The lowest BCUT2D eigenvalue weighted by molar-refractivity contribution is 0.182. The first-order chi connectivity index (χ1) is 9.03. The zero-order valence-corrected chi connectivity index (χ0v) is 12.4. The summed E-state index contributed by atoms with van der Waals surface area (Å²) in [5.74, 6) is 2.19. The first kappa shape index (κ1) is 14.3. The van der Waals surface area contributed by atoms with E-state index in [1.165, 1.54) is 6.42 Å². The lowest BCUT2D eigenvalue weighted by Gasteiger charge is -2.40. The zero-order chi connectivity index (χ0) is 13.9. The van der Waals surface area contributed by atoms with Crippen LogP contribution in [0.5, 0.6) is 5.75 Å². The molecule has 3 nitrogen and oxygen atoms in total. The van der Waals surface area contributed by atoms with Crippen LogP contribution in [0.1, 0.15) is 52.0 Å². The van der Waals surface area contributed by atoms with E-state index in [9.17, 15) is 0 Å². The predicted molar refractivity (Wildman–Crippen MR) is 78.1 cm³/mol. The van der Waals surface area contributed by atoms with E-state index in [1.807, 2.05) is 6.20 Å². The van der Waals surface area contributed by atoms with E-state index < -0.39 is 0 Å². The molecule has 0 radical (unpaired) electrons. The number of aromatic nitrogens is 1. The molecule has 2 N–H and O–H groups in total. The highest BCUT2D eigenvalue weighted by atomic mass is 16.5. The van der Waals surface area contributed by atoms with Gasteiger partial charge in [0, 0.05) is 11.7 Å². The second-order valence-electron chi connectivity index (χ2n) is 6.27. The minimum atomic E-state index is -0.240. The fourth-order valence-corrected chi connectivity index (χ4v) is 3.41. The van der Waals surface area contributed by atoms with Gasteiger partial charge in [0.15, 0.2) is 0 Å². The Morgan fingerprint density at radius 2 is 2.00 bits per heavy atom. The third-order valence-corrected chi connectivity index (χ3v) is 3.99. The van der Waals surface area contributed by atoms with E-state index in [4.69, 9.17) is 10.5 Å². The molecule has 0 saturated heterocycles. The van der Waals surface area contributed by atoms with Gasteiger partial charge < -0.3 is 10.5 Å². The first-order valence-electron chi connectivity index (χ1n) is 7.40. The number of hydrogen-bond acceptors (Lipinski definition) is 3.